The van der Waals surface area contributed by atoms with Crippen molar-refractivity contribution in [3.8, 4) is 10.7 Å². The van der Waals surface area contributed by atoms with Crippen LogP contribution in [0.2, 0.25) is 0 Å². The number of benzene rings is 1. The zero-order valence-corrected chi connectivity index (χ0v) is 11.3. The maximum absolute atomic E-state index is 4.74. The Balaban J connectivity index is 2.15. The van der Waals surface area contributed by atoms with Crippen molar-refractivity contribution >= 4 is 22.4 Å². The molecular formula is C14H15N3S. The van der Waals surface area contributed by atoms with Crippen molar-refractivity contribution in [1.82, 2.24) is 14.9 Å². The maximum Gasteiger partial charge on any atom is 0.150 e. The lowest BCUT2D eigenvalue weighted by Crippen LogP contribution is -2.04. The number of hydrogen-bond acceptors (Lipinski definition) is 3. The predicted octanol–water partition coefficient (Wildman–Crippen LogP) is 3.02. The van der Waals surface area contributed by atoms with Crippen LogP contribution >= 0.6 is 11.3 Å². The molecule has 4 heteroatoms. The summed E-state index contributed by atoms with van der Waals surface area (Å²) in [4.78, 5) is 5.96. The van der Waals surface area contributed by atoms with Gasteiger partial charge in [-0.1, -0.05) is 12.1 Å². The lowest BCUT2D eigenvalue weighted by Gasteiger charge is -2.01. The van der Waals surface area contributed by atoms with Gasteiger partial charge in [0.25, 0.3) is 0 Å². The monoisotopic (exact) mass is 257 g/mol. The van der Waals surface area contributed by atoms with Crippen LogP contribution in [-0.4, -0.2) is 16.6 Å². The minimum Gasteiger partial charge on any atom is -0.326 e. The summed E-state index contributed by atoms with van der Waals surface area (Å²) in [6, 6.07) is 10.6. The van der Waals surface area contributed by atoms with Gasteiger partial charge in [-0.3, -0.25) is 0 Å². The van der Waals surface area contributed by atoms with Gasteiger partial charge in [-0.15, -0.1) is 11.3 Å². The Morgan fingerprint density at radius 2 is 2.22 bits per heavy atom. The van der Waals surface area contributed by atoms with Crippen LogP contribution in [0.4, 0.5) is 0 Å². The average molecular weight is 257 g/mol. The van der Waals surface area contributed by atoms with E-state index in [1.165, 1.54) is 16.0 Å². The number of imidazole rings is 1. The molecule has 0 unspecified atom stereocenters. The second kappa shape index (κ2) is 4.55. The fourth-order valence-corrected chi connectivity index (χ4v) is 2.93. The van der Waals surface area contributed by atoms with Crippen LogP contribution in [0.25, 0.3) is 21.7 Å². The largest absolute Gasteiger partial charge is 0.326 e. The molecule has 3 nitrogen and oxygen atoms in total. The van der Waals surface area contributed by atoms with Crippen LogP contribution in [-0.2, 0) is 13.6 Å². The molecule has 18 heavy (non-hydrogen) atoms. The maximum atomic E-state index is 4.74. The third kappa shape index (κ3) is 1.83. The molecule has 2 aromatic heterocycles. The van der Waals surface area contributed by atoms with Gasteiger partial charge >= 0.3 is 0 Å². The molecule has 1 N–H and O–H groups in total. The van der Waals surface area contributed by atoms with Gasteiger partial charge in [0.2, 0.25) is 0 Å². The van der Waals surface area contributed by atoms with Crippen molar-refractivity contribution in [3.05, 3.63) is 41.3 Å². The Morgan fingerprint density at radius 3 is 2.94 bits per heavy atom. The number of aromatic nitrogens is 2. The minimum atomic E-state index is 0.876. The SMILES string of the molecule is CNCc1ccc2c(c1)nc(-c1cccs1)n2C. The van der Waals surface area contributed by atoms with Crippen LogP contribution in [0.3, 0.4) is 0 Å². The summed E-state index contributed by atoms with van der Waals surface area (Å²) >= 11 is 1.72. The Morgan fingerprint density at radius 1 is 1.33 bits per heavy atom. The van der Waals surface area contributed by atoms with Crippen molar-refractivity contribution in [2.75, 3.05) is 7.05 Å². The first-order chi connectivity index (χ1) is 8.79. The van der Waals surface area contributed by atoms with Gasteiger partial charge in [-0.25, -0.2) is 4.98 Å². The van der Waals surface area contributed by atoms with E-state index < -0.39 is 0 Å². The molecule has 1 aromatic carbocycles. The summed E-state index contributed by atoms with van der Waals surface area (Å²) in [6.07, 6.45) is 0. The van der Waals surface area contributed by atoms with Crippen LogP contribution in [0.1, 0.15) is 5.56 Å². The first-order valence-corrected chi connectivity index (χ1v) is 6.81. The van der Waals surface area contributed by atoms with Gasteiger partial charge in [-0.05, 0) is 36.2 Å². The van der Waals surface area contributed by atoms with E-state index in [1.807, 2.05) is 7.05 Å². The standard InChI is InChI=1S/C14H15N3S/c1-15-9-10-5-6-12-11(8-10)16-14(17(12)2)13-4-3-7-18-13/h3-8,15H,9H2,1-2H3. The van der Waals surface area contributed by atoms with E-state index in [1.54, 1.807) is 11.3 Å². The molecule has 0 fully saturated rings. The Bertz CT molecular complexity index is 668. The van der Waals surface area contributed by atoms with Crippen LogP contribution in [0, 0.1) is 0 Å². The zero-order chi connectivity index (χ0) is 12.5. The van der Waals surface area contributed by atoms with E-state index in [0.717, 1.165) is 17.9 Å². The molecule has 0 amide bonds. The second-order valence-corrected chi connectivity index (χ2v) is 5.27. The number of aryl methyl sites for hydroxylation is 1. The van der Waals surface area contributed by atoms with Crippen molar-refractivity contribution in [3.63, 3.8) is 0 Å². The summed E-state index contributed by atoms with van der Waals surface area (Å²) in [5.74, 6) is 1.04. The molecule has 0 saturated carbocycles. The van der Waals surface area contributed by atoms with Crippen LogP contribution in [0.15, 0.2) is 35.7 Å². The fourth-order valence-electron chi connectivity index (χ4n) is 2.19. The number of nitrogens with one attached hydrogen (secondary N) is 1. The number of fused-ring (bicyclic) bond motifs is 1. The van der Waals surface area contributed by atoms with Crippen molar-refractivity contribution < 1.29 is 0 Å². The smallest absolute Gasteiger partial charge is 0.150 e. The third-order valence-corrected chi connectivity index (χ3v) is 3.93. The number of rotatable bonds is 3. The van der Waals surface area contributed by atoms with E-state index in [2.05, 4.69) is 52.6 Å². The van der Waals surface area contributed by atoms with Crippen LogP contribution in [0.5, 0.6) is 0 Å². The van der Waals surface area contributed by atoms with Gasteiger partial charge in [0, 0.05) is 13.6 Å². The van der Waals surface area contributed by atoms with Gasteiger partial charge in [0.15, 0.2) is 5.82 Å². The first-order valence-electron chi connectivity index (χ1n) is 5.93. The Kier molecular flexibility index (Phi) is 2.89. The van der Waals surface area contributed by atoms with Crippen molar-refractivity contribution in [2.45, 2.75) is 6.54 Å². The van der Waals surface area contributed by atoms with E-state index in [4.69, 9.17) is 4.98 Å². The highest BCUT2D eigenvalue weighted by Gasteiger charge is 2.10. The minimum absolute atomic E-state index is 0.876. The van der Waals surface area contributed by atoms with E-state index >= 15 is 0 Å². The summed E-state index contributed by atoms with van der Waals surface area (Å²) in [5, 5.41) is 5.25. The lowest BCUT2D eigenvalue weighted by molar-refractivity contribution is 0.819. The van der Waals surface area contributed by atoms with Gasteiger partial charge < -0.3 is 9.88 Å². The highest BCUT2D eigenvalue weighted by Crippen LogP contribution is 2.27. The predicted molar refractivity (Wildman–Crippen MR) is 76.8 cm³/mol. The second-order valence-electron chi connectivity index (χ2n) is 4.33. The quantitative estimate of drug-likeness (QED) is 0.781. The molecule has 2 heterocycles. The van der Waals surface area contributed by atoms with Crippen molar-refractivity contribution in [1.29, 1.82) is 0 Å². The topological polar surface area (TPSA) is 29.9 Å². The number of hydrogen-bond donors (Lipinski definition) is 1. The van der Waals surface area contributed by atoms with E-state index in [9.17, 15) is 0 Å². The Hall–Kier alpha value is -1.65. The highest BCUT2D eigenvalue weighted by atomic mass is 32.1. The highest BCUT2D eigenvalue weighted by molar-refractivity contribution is 7.13. The lowest BCUT2D eigenvalue weighted by atomic mass is 10.2. The van der Waals surface area contributed by atoms with Crippen molar-refractivity contribution in [2.24, 2.45) is 7.05 Å². The fraction of sp³-hybridized carbons (Fsp3) is 0.214. The normalized spacial score (nSPS) is 11.2. The molecule has 0 bridgehead atoms. The third-order valence-electron chi connectivity index (χ3n) is 3.07. The first kappa shape index (κ1) is 11.4. The summed E-state index contributed by atoms with van der Waals surface area (Å²) in [7, 11) is 4.03. The molecule has 0 aliphatic heterocycles. The average Bonchev–Trinajstić information content (AvgIpc) is 2.98. The molecule has 0 spiro atoms. The molecule has 0 aliphatic carbocycles. The molecule has 0 radical (unpaired) electrons. The molecule has 0 aliphatic rings. The molecule has 92 valence electrons. The molecule has 0 saturated heterocycles. The summed E-state index contributed by atoms with van der Waals surface area (Å²) in [5.41, 5.74) is 3.51. The van der Waals surface area contributed by atoms with E-state index in [-0.39, 0.29) is 0 Å². The summed E-state index contributed by atoms with van der Waals surface area (Å²) < 4.78 is 2.16. The number of thiophene rings is 1. The summed E-state index contributed by atoms with van der Waals surface area (Å²) in [6.45, 7) is 0.876. The van der Waals surface area contributed by atoms with Gasteiger partial charge in [0.05, 0.1) is 15.9 Å². The molecule has 3 aromatic rings. The van der Waals surface area contributed by atoms with Gasteiger partial charge in [-0.2, -0.15) is 0 Å². The van der Waals surface area contributed by atoms with E-state index in [0.29, 0.717) is 0 Å². The molecule has 3 rings (SSSR count). The van der Waals surface area contributed by atoms with Gasteiger partial charge in [0.1, 0.15) is 0 Å². The van der Waals surface area contributed by atoms with Crippen LogP contribution < -0.4 is 5.32 Å². The molecule has 0 atom stereocenters. The Labute approximate surface area is 110 Å². The zero-order valence-electron chi connectivity index (χ0n) is 10.5. The molecular weight excluding hydrogens is 242 g/mol. The number of nitrogens with zero attached hydrogens (tertiary/aromatic N) is 2.